The maximum absolute atomic E-state index is 5.98. The molecule has 0 amide bonds. The second kappa shape index (κ2) is 10.9. The molecule has 3 rings (SSSR count). The van der Waals surface area contributed by atoms with Gasteiger partial charge < -0.3 is 15.1 Å². The SMILES string of the molecule is CCNC(=NCCc1ccc(Cl)s1)N1CCN(c2ncccn2)CC1.I. The molecule has 142 valence electrons. The lowest BCUT2D eigenvalue weighted by molar-refractivity contribution is 0.370. The van der Waals surface area contributed by atoms with Crippen molar-refractivity contribution in [2.24, 2.45) is 4.99 Å². The summed E-state index contributed by atoms with van der Waals surface area (Å²) in [5, 5.41) is 3.40. The van der Waals surface area contributed by atoms with Crippen molar-refractivity contribution in [1.29, 1.82) is 0 Å². The Morgan fingerprint density at radius 3 is 2.58 bits per heavy atom. The number of guanidine groups is 1. The molecule has 2 aromatic heterocycles. The number of halogens is 2. The summed E-state index contributed by atoms with van der Waals surface area (Å²) in [4.78, 5) is 19.3. The summed E-state index contributed by atoms with van der Waals surface area (Å²) in [7, 11) is 0. The minimum atomic E-state index is 0. The summed E-state index contributed by atoms with van der Waals surface area (Å²) < 4.78 is 0.838. The van der Waals surface area contributed by atoms with E-state index in [-0.39, 0.29) is 24.0 Å². The van der Waals surface area contributed by atoms with Gasteiger partial charge in [-0.05, 0) is 25.1 Å². The van der Waals surface area contributed by atoms with Crippen LogP contribution in [0.1, 0.15) is 11.8 Å². The van der Waals surface area contributed by atoms with Crippen molar-refractivity contribution in [3.05, 3.63) is 39.8 Å². The van der Waals surface area contributed by atoms with Gasteiger partial charge in [0.15, 0.2) is 5.96 Å². The smallest absolute Gasteiger partial charge is 0.225 e. The van der Waals surface area contributed by atoms with E-state index in [0.29, 0.717) is 0 Å². The molecule has 3 heterocycles. The molecule has 1 N–H and O–H groups in total. The molecule has 1 saturated heterocycles. The fourth-order valence-corrected chi connectivity index (χ4v) is 3.83. The second-order valence-corrected chi connectivity index (χ2v) is 7.51. The Balaban J connectivity index is 0.00000243. The van der Waals surface area contributed by atoms with E-state index >= 15 is 0 Å². The first-order valence-electron chi connectivity index (χ1n) is 8.55. The van der Waals surface area contributed by atoms with Crippen LogP contribution in [0, 0.1) is 0 Å². The van der Waals surface area contributed by atoms with Crippen LogP contribution in [0.5, 0.6) is 0 Å². The molecule has 0 bridgehead atoms. The van der Waals surface area contributed by atoms with E-state index < -0.39 is 0 Å². The molecule has 0 aromatic carbocycles. The topological polar surface area (TPSA) is 56.7 Å². The van der Waals surface area contributed by atoms with Gasteiger partial charge in [0.05, 0.1) is 4.34 Å². The molecule has 26 heavy (non-hydrogen) atoms. The van der Waals surface area contributed by atoms with Crippen molar-refractivity contribution >= 4 is 58.8 Å². The predicted molar refractivity (Wildman–Crippen MR) is 120 cm³/mol. The number of aromatic nitrogens is 2. The van der Waals surface area contributed by atoms with Gasteiger partial charge in [-0.15, -0.1) is 35.3 Å². The summed E-state index contributed by atoms with van der Waals surface area (Å²) in [5.74, 6) is 1.79. The van der Waals surface area contributed by atoms with Crippen LogP contribution in [-0.4, -0.2) is 60.1 Å². The summed E-state index contributed by atoms with van der Waals surface area (Å²) in [6, 6.07) is 5.87. The monoisotopic (exact) mass is 506 g/mol. The number of thiophene rings is 1. The second-order valence-electron chi connectivity index (χ2n) is 5.71. The highest BCUT2D eigenvalue weighted by atomic mass is 127. The summed E-state index contributed by atoms with van der Waals surface area (Å²) >= 11 is 7.61. The Morgan fingerprint density at radius 1 is 1.23 bits per heavy atom. The van der Waals surface area contributed by atoms with Gasteiger partial charge in [0.25, 0.3) is 0 Å². The third kappa shape index (κ3) is 5.95. The van der Waals surface area contributed by atoms with Gasteiger partial charge in [-0.2, -0.15) is 0 Å². The highest BCUT2D eigenvalue weighted by Gasteiger charge is 2.20. The van der Waals surface area contributed by atoms with Crippen LogP contribution in [0.15, 0.2) is 35.6 Å². The molecule has 1 aliphatic rings. The summed E-state index contributed by atoms with van der Waals surface area (Å²) in [5.41, 5.74) is 0. The van der Waals surface area contributed by atoms with Gasteiger partial charge in [0.1, 0.15) is 0 Å². The van der Waals surface area contributed by atoms with Crippen molar-refractivity contribution in [2.45, 2.75) is 13.3 Å². The normalized spacial score (nSPS) is 14.9. The van der Waals surface area contributed by atoms with Crippen LogP contribution in [0.3, 0.4) is 0 Å². The average Bonchev–Trinajstić information content (AvgIpc) is 3.07. The number of rotatable bonds is 5. The number of nitrogens with zero attached hydrogens (tertiary/aromatic N) is 5. The first kappa shape index (κ1) is 21.2. The van der Waals surface area contributed by atoms with Crippen LogP contribution in [0.2, 0.25) is 4.34 Å². The van der Waals surface area contributed by atoms with Gasteiger partial charge in [0, 0.05) is 63.0 Å². The Hall–Kier alpha value is -1.13. The Labute approximate surface area is 180 Å². The van der Waals surface area contributed by atoms with Gasteiger partial charge in [-0.1, -0.05) is 11.6 Å². The standard InChI is InChI=1S/C17H23ClN6S.HI/c1-2-19-16(22-9-6-14-4-5-15(18)25-14)23-10-12-24(13-11-23)17-20-7-3-8-21-17;/h3-5,7-8H,2,6,9-13H2,1H3,(H,19,22);1H. The van der Waals surface area contributed by atoms with Crippen LogP contribution in [0.4, 0.5) is 5.95 Å². The first-order valence-corrected chi connectivity index (χ1v) is 9.75. The molecule has 6 nitrogen and oxygen atoms in total. The molecular weight excluding hydrogens is 483 g/mol. The van der Waals surface area contributed by atoms with E-state index in [0.717, 1.165) is 61.9 Å². The molecule has 2 aromatic rings. The fraction of sp³-hybridized carbons (Fsp3) is 0.471. The number of aliphatic imine (C=N–C) groups is 1. The quantitative estimate of drug-likeness (QED) is 0.384. The lowest BCUT2D eigenvalue weighted by Gasteiger charge is -2.36. The zero-order valence-corrected chi connectivity index (χ0v) is 18.7. The molecule has 0 radical (unpaired) electrons. The van der Waals surface area contributed by atoms with Gasteiger partial charge in [-0.3, -0.25) is 4.99 Å². The van der Waals surface area contributed by atoms with Crippen LogP contribution in [-0.2, 0) is 6.42 Å². The number of nitrogens with one attached hydrogen (secondary N) is 1. The van der Waals surface area contributed by atoms with Gasteiger partial charge in [-0.25, -0.2) is 9.97 Å². The van der Waals surface area contributed by atoms with Gasteiger partial charge >= 0.3 is 0 Å². The Bertz CT molecular complexity index is 688. The van der Waals surface area contributed by atoms with Crippen molar-refractivity contribution in [1.82, 2.24) is 20.2 Å². The molecule has 0 atom stereocenters. The zero-order chi connectivity index (χ0) is 17.5. The van der Waals surface area contributed by atoms with E-state index in [2.05, 4.69) is 38.1 Å². The number of anilines is 1. The van der Waals surface area contributed by atoms with E-state index in [1.807, 2.05) is 12.1 Å². The number of hydrogen-bond donors (Lipinski definition) is 1. The molecular formula is C17H24ClIN6S. The lowest BCUT2D eigenvalue weighted by Crippen LogP contribution is -2.53. The molecule has 1 fully saturated rings. The minimum absolute atomic E-state index is 0. The number of piperazine rings is 1. The maximum atomic E-state index is 5.98. The average molecular weight is 507 g/mol. The van der Waals surface area contributed by atoms with E-state index in [1.165, 1.54) is 4.88 Å². The lowest BCUT2D eigenvalue weighted by atomic mass is 10.3. The molecule has 9 heteroatoms. The molecule has 0 aliphatic carbocycles. The van der Waals surface area contributed by atoms with E-state index in [1.54, 1.807) is 23.7 Å². The van der Waals surface area contributed by atoms with Crippen molar-refractivity contribution < 1.29 is 0 Å². The first-order chi connectivity index (χ1) is 12.3. The molecule has 0 spiro atoms. The van der Waals surface area contributed by atoms with Crippen molar-refractivity contribution in [3.8, 4) is 0 Å². The van der Waals surface area contributed by atoms with Crippen LogP contribution < -0.4 is 10.2 Å². The minimum Gasteiger partial charge on any atom is -0.357 e. The highest BCUT2D eigenvalue weighted by molar-refractivity contribution is 14.0. The third-order valence-corrected chi connectivity index (χ3v) is 5.29. The largest absolute Gasteiger partial charge is 0.357 e. The molecule has 0 saturated carbocycles. The van der Waals surface area contributed by atoms with Crippen LogP contribution in [0.25, 0.3) is 0 Å². The summed E-state index contributed by atoms with van der Waals surface area (Å²) in [6.45, 7) is 7.35. The fourth-order valence-electron chi connectivity index (χ4n) is 2.76. The highest BCUT2D eigenvalue weighted by Crippen LogP contribution is 2.21. The number of hydrogen-bond acceptors (Lipinski definition) is 5. The summed E-state index contributed by atoms with van der Waals surface area (Å²) in [6.07, 6.45) is 4.50. The van der Waals surface area contributed by atoms with Crippen molar-refractivity contribution in [2.75, 3.05) is 44.2 Å². The van der Waals surface area contributed by atoms with Crippen LogP contribution >= 0.6 is 46.9 Å². The van der Waals surface area contributed by atoms with Crippen molar-refractivity contribution in [3.63, 3.8) is 0 Å². The molecule has 1 aliphatic heterocycles. The van der Waals surface area contributed by atoms with E-state index in [4.69, 9.17) is 16.6 Å². The van der Waals surface area contributed by atoms with Gasteiger partial charge in [0.2, 0.25) is 5.95 Å². The Kier molecular flexibility index (Phi) is 8.86. The van der Waals surface area contributed by atoms with E-state index in [9.17, 15) is 0 Å². The third-order valence-electron chi connectivity index (χ3n) is 4.00. The maximum Gasteiger partial charge on any atom is 0.225 e. The molecule has 0 unspecified atom stereocenters. The zero-order valence-electron chi connectivity index (χ0n) is 14.8. The predicted octanol–water partition coefficient (Wildman–Crippen LogP) is 3.14. The Morgan fingerprint density at radius 2 is 1.96 bits per heavy atom.